The number of benzene rings is 1. The van der Waals surface area contributed by atoms with Gasteiger partial charge in [-0.05, 0) is 31.6 Å². The van der Waals surface area contributed by atoms with Gasteiger partial charge in [0.1, 0.15) is 0 Å². The largest absolute Gasteiger partial charge is 0.342 e. The predicted molar refractivity (Wildman–Crippen MR) is 109 cm³/mol. The monoisotopic (exact) mass is 384 g/mol. The lowest BCUT2D eigenvalue weighted by Crippen LogP contribution is -2.45. The molecule has 2 fully saturated rings. The van der Waals surface area contributed by atoms with Gasteiger partial charge in [0, 0.05) is 25.2 Å². The number of hydrogen-bond donors (Lipinski definition) is 0. The maximum absolute atomic E-state index is 12.8. The van der Waals surface area contributed by atoms with Crippen LogP contribution >= 0.6 is 11.8 Å². The predicted octanol–water partition coefficient (Wildman–Crippen LogP) is 4.10. The Hall–Kier alpha value is -1.82. The number of carbonyl (C=O) groups excluding carboxylic acids is 1. The van der Waals surface area contributed by atoms with Crippen LogP contribution in [-0.4, -0.2) is 44.4 Å². The average Bonchev–Trinajstić information content (AvgIpc) is 3.15. The third-order valence-corrected chi connectivity index (χ3v) is 6.99. The molecule has 1 amide bonds. The number of amides is 1. The molecule has 27 heavy (non-hydrogen) atoms. The first-order valence-electron chi connectivity index (χ1n) is 10.2. The van der Waals surface area contributed by atoms with E-state index in [1.54, 1.807) is 0 Å². The van der Waals surface area contributed by atoms with E-state index in [2.05, 4.69) is 26.6 Å². The number of hydrogen-bond acceptors (Lipinski definition) is 4. The maximum atomic E-state index is 12.8. The molecule has 2 aromatic rings. The van der Waals surface area contributed by atoms with Gasteiger partial charge in [0.05, 0.1) is 5.75 Å². The highest BCUT2D eigenvalue weighted by Crippen LogP contribution is 2.36. The number of thioether (sulfide) groups is 1. The van der Waals surface area contributed by atoms with Crippen molar-refractivity contribution in [1.29, 1.82) is 0 Å². The summed E-state index contributed by atoms with van der Waals surface area (Å²) in [6, 6.07) is 10.1. The fraction of sp³-hybridized carbons (Fsp3) is 0.571. The third kappa shape index (κ3) is 4.05. The van der Waals surface area contributed by atoms with E-state index in [9.17, 15) is 4.79 Å². The van der Waals surface area contributed by atoms with Gasteiger partial charge in [0.2, 0.25) is 5.91 Å². The van der Waals surface area contributed by atoms with Gasteiger partial charge >= 0.3 is 0 Å². The molecule has 6 heteroatoms. The Morgan fingerprint density at radius 1 is 1.11 bits per heavy atom. The lowest BCUT2D eigenvalue weighted by molar-refractivity contribution is -0.131. The lowest BCUT2D eigenvalue weighted by atomic mass is 9.75. The van der Waals surface area contributed by atoms with Gasteiger partial charge in [-0.15, -0.1) is 10.2 Å². The highest BCUT2D eigenvalue weighted by atomic mass is 32.2. The van der Waals surface area contributed by atoms with Crippen LogP contribution in [0.25, 0.3) is 11.4 Å². The van der Waals surface area contributed by atoms with Gasteiger partial charge in [0.25, 0.3) is 0 Å². The van der Waals surface area contributed by atoms with Crippen molar-refractivity contribution in [2.75, 3.05) is 18.8 Å². The van der Waals surface area contributed by atoms with Gasteiger partial charge in [0.15, 0.2) is 11.0 Å². The SMILES string of the molecule is CCn1c(SCC(=O)N2CC[C@H]3CCCC[C@@H]3C2)nnc1-c1ccccc1. The second-order valence-corrected chi connectivity index (χ2v) is 8.58. The molecule has 2 aliphatic rings. The Labute approximate surface area is 165 Å². The van der Waals surface area contributed by atoms with Crippen molar-refractivity contribution in [2.45, 2.75) is 50.7 Å². The van der Waals surface area contributed by atoms with Gasteiger partial charge < -0.3 is 9.47 Å². The first kappa shape index (κ1) is 18.5. The van der Waals surface area contributed by atoms with E-state index >= 15 is 0 Å². The Bertz CT molecular complexity index is 776. The van der Waals surface area contributed by atoms with E-state index in [1.807, 2.05) is 30.3 Å². The maximum Gasteiger partial charge on any atom is 0.233 e. The van der Waals surface area contributed by atoms with Crippen molar-refractivity contribution < 1.29 is 4.79 Å². The summed E-state index contributed by atoms with van der Waals surface area (Å²) in [4.78, 5) is 14.9. The second kappa shape index (κ2) is 8.46. The molecular weight excluding hydrogens is 356 g/mol. The summed E-state index contributed by atoms with van der Waals surface area (Å²) in [5.41, 5.74) is 1.06. The summed E-state index contributed by atoms with van der Waals surface area (Å²) in [7, 11) is 0. The smallest absolute Gasteiger partial charge is 0.233 e. The Kier molecular flexibility index (Phi) is 5.81. The van der Waals surface area contributed by atoms with Gasteiger partial charge in [-0.1, -0.05) is 61.4 Å². The van der Waals surface area contributed by atoms with Crippen LogP contribution in [-0.2, 0) is 11.3 Å². The molecule has 1 saturated heterocycles. The molecule has 1 saturated carbocycles. The van der Waals surface area contributed by atoms with Crippen LogP contribution in [0.5, 0.6) is 0 Å². The summed E-state index contributed by atoms with van der Waals surface area (Å²) in [6.07, 6.45) is 6.56. The molecule has 1 aliphatic carbocycles. The Balaban J connectivity index is 1.39. The summed E-state index contributed by atoms with van der Waals surface area (Å²) in [5, 5.41) is 9.55. The van der Waals surface area contributed by atoms with Gasteiger partial charge in [-0.3, -0.25) is 4.79 Å². The van der Waals surface area contributed by atoms with Crippen LogP contribution in [0.3, 0.4) is 0 Å². The fourth-order valence-corrected chi connectivity index (χ4v) is 5.43. The van der Waals surface area contributed by atoms with Crippen LogP contribution in [0, 0.1) is 11.8 Å². The van der Waals surface area contributed by atoms with Gasteiger partial charge in [-0.25, -0.2) is 0 Å². The number of nitrogens with zero attached hydrogens (tertiary/aromatic N) is 4. The molecule has 1 aromatic carbocycles. The molecule has 5 nitrogen and oxygen atoms in total. The highest BCUT2D eigenvalue weighted by molar-refractivity contribution is 7.99. The van der Waals surface area contributed by atoms with Crippen LogP contribution in [0.15, 0.2) is 35.5 Å². The normalized spacial score (nSPS) is 22.5. The van der Waals surface area contributed by atoms with Crippen LogP contribution in [0.2, 0.25) is 0 Å². The standard InChI is InChI=1S/C21H28N4OS/c1-2-25-20(17-9-4-3-5-10-17)22-23-21(25)27-15-19(26)24-13-12-16-8-6-7-11-18(16)14-24/h3-5,9-10,16,18H,2,6-8,11-15H2,1H3/t16-,18-/m1/s1. The molecule has 0 spiro atoms. The summed E-state index contributed by atoms with van der Waals surface area (Å²) >= 11 is 1.52. The molecule has 0 unspecified atom stereocenters. The average molecular weight is 385 g/mol. The first-order chi connectivity index (χ1) is 13.3. The van der Waals surface area contributed by atoms with Crippen molar-refractivity contribution in [2.24, 2.45) is 11.8 Å². The molecule has 0 bridgehead atoms. The number of aromatic nitrogens is 3. The zero-order chi connectivity index (χ0) is 18.6. The Morgan fingerprint density at radius 2 is 1.89 bits per heavy atom. The number of likely N-dealkylation sites (tertiary alicyclic amines) is 1. The summed E-state index contributed by atoms with van der Waals surface area (Å²) < 4.78 is 2.10. The highest BCUT2D eigenvalue weighted by Gasteiger charge is 2.32. The topological polar surface area (TPSA) is 51.0 Å². The van der Waals surface area contributed by atoms with Crippen molar-refractivity contribution in [3.05, 3.63) is 30.3 Å². The molecule has 2 atom stereocenters. The van der Waals surface area contributed by atoms with Crippen LogP contribution in [0.4, 0.5) is 0 Å². The second-order valence-electron chi connectivity index (χ2n) is 7.64. The zero-order valence-corrected chi connectivity index (χ0v) is 16.8. The molecule has 1 aromatic heterocycles. The van der Waals surface area contributed by atoms with Crippen molar-refractivity contribution in [1.82, 2.24) is 19.7 Å². The minimum absolute atomic E-state index is 0.246. The van der Waals surface area contributed by atoms with E-state index in [4.69, 9.17) is 0 Å². The molecule has 4 rings (SSSR count). The molecular formula is C21H28N4OS. The van der Waals surface area contributed by atoms with Crippen molar-refractivity contribution in [3.8, 4) is 11.4 Å². The molecule has 1 aliphatic heterocycles. The van der Waals surface area contributed by atoms with E-state index in [-0.39, 0.29) is 5.91 Å². The third-order valence-electron chi connectivity index (χ3n) is 6.03. The van der Waals surface area contributed by atoms with Crippen LogP contribution < -0.4 is 0 Å². The van der Waals surface area contributed by atoms with E-state index in [0.29, 0.717) is 5.75 Å². The van der Waals surface area contributed by atoms with E-state index < -0.39 is 0 Å². The zero-order valence-electron chi connectivity index (χ0n) is 16.0. The van der Waals surface area contributed by atoms with E-state index in [1.165, 1.54) is 43.9 Å². The number of carbonyl (C=O) groups is 1. The minimum Gasteiger partial charge on any atom is -0.342 e. The molecule has 2 heterocycles. The Morgan fingerprint density at radius 3 is 2.67 bits per heavy atom. The fourth-order valence-electron chi connectivity index (χ4n) is 4.53. The number of piperidine rings is 1. The lowest BCUT2D eigenvalue weighted by Gasteiger charge is -2.41. The number of fused-ring (bicyclic) bond motifs is 1. The van der Waals surface area contributed by atoms with Crippen molar-refractivity contribution >= 4 is 17.7 Å². The quantitative estimate of drug-likeness (QED) is 0.729. The van der Waals surface area contributed by atoms with Crippen molar-refractivity contribution in [3.63, 3.8) is 0 Å². The summed E-state index contributed by atoms with van der Waals surface area (Å²) in [5.74, 6) is 3.15. The van der Waals surface area contributed by atoms with Gasteiger partial charge in [-0.2, -0.15) is 0 Å². The number of rotatable bonds is 5. The minimum atomic E-state index is 0.246. The molecule has 0 radical (unpaired) electrons. The van der Waals surface area contributed by atoms with E-state index in [0.717, 1.165) is 48.0 Å². The summed E-state index contributed by atoms with van der Waals surface area (Å²) in [6.45, 7) is 4.77. The molecule has 144 valence electrons. The van der Waals surface area contributed by atoms with Crippen LogP contribution in [0.1, 0.15) is 39.0 Å². The first-order valence-corrected chi connectivity index (χ1v) is 11.1. The molecule has 0 N–H and O–H groups in total.